The second kappa shape index (κ2) is 11.0. The van der Waals surface area contributed by atoms with Gasteiger partial charge >= 0.3 is 11.9 Å². The van der Waals surface area contributed by atoms with Gasteiger partial charge in [-0.1, -0.05) is 64.3 Å². The van der Waals surface area contributed by atoms with Gasteiger partial charge in [-0.25, -0.2) is 0 Å². The highest BCUT2D eigenvalue weighted by atomic mass is 16.5. The maximum atomic E-state index is 15.5. The molecule has 0 unspecified atom stereocenters. The van der Waals surface area contributed by atoms with E-state index in [1.807, 2.05) is 6.92 Å². The fourth-order valence-electron chi connectivity index (χ4n) is 14.9. The van der Waals surface area contributed by atoms with E-state index in [-0.39, 0.29) is 28.6 Å². The van der Waals surface area contributed by atoms with E-state index < -0.39 is 22.9 Å². The molecular formula is C42H62O5. The Hall–Kier alpha value is -1.91. The lowest BCUT2D eigenvalue weighted by molar-refractivity contribution is -0.216. The smallest absolute Gasteiger partial charge is 0.309 e. The van der Waals surface area contributed by atoms with Gasteiger partial charge in [-0.05, 0) is 149 Å². The average molecular weight is 647 g/mol. The van der Waals surface area contributed by atoms with Crippen LogP contribution < -0.4 is 0 Å². The number of esters is 1. The summed E-state index contributed by atoms with van der Waals surface area (Å²) in [5.41, 5.74) is 1.44. The summed E-state index contributed by atoms with van der Waals surface area (Å²) < 4.78 is 6.22. The summed E-state index contributed by atoms with van der Waals surface area (Å²) in [7, 11) is 0. The van der Waals surface area contributed by atoms with E-state index in [9.17, 15) is 14.7 Å². The lowest BCUT2D eigenvalue weighted by atomic mass is 9.40. The zero-order chi connectivity index (χ0) is 33.8. The zero-order valence-electron chi connectivity index (χ0n) is 30.3. The lowest BCUT2D eigenvalue weighted by Gasteiger charge is -2.64. The molecule has 7 aliphatic carbocycles. The molecule has 11 atom stereocenters. The number of Topliss-reactive ketones (excluding diaryl/α,β-unsaturated/α-hetero) is 1. The minimum absolute atomic E-state index is 0.0617. The highest BCUT2D eigenvalue weighted by Gasteiger charge is 2.76. The molecule has 1 N–H and O–H groups in total. The predicted molar refractivity (Wildman–Crippen MR) is 184 cm³/mol. The lowest BCUT2D eigenvalue weighted by Crippen LogP contribution is -2.65. The molecule has 0 amide bonds. The van der Waals surface area contributed by atoms with Crippen LogP contribution in [0.25, 0.3) is 0 Å². The Labute approximate surface area is 284 Å². The van der Waals surface area contributed by atoms with Gasteiger partial charge in [0.15, 0.2) is 0 Å². The minimum atomic E-state index is -0.865. The van der Waals surface area contributed by atoms with Gasteiger partial charge in [0.25, 0.3) is 0 Å². The Morgan fingerprint density at radius 2 is 1.66 bits per heavy atom. The van der Waals surface area contributed by atoms with Crippen molar-refractivity contribution in [3.8, 4) is 0 Å². The van der Waals surface area contributed by atoms with Crippen LogP contribution >= 0.6 is 0 Å². The maximum Gasteiger partial charge on any atom is 0.309 e. The van der Waals surface area contributed by atoms with Crippen LogP contribution in [0.1, 0.15) is 151 Å². The number of aliphatic carboxylic acids is 1. The van der Waals surface area contributed by atoms with Crippen LogP contribution in [-0.2, 0) is 19.1 Å². The van der Waals surface area contributed by atoms with Crippen molar-refractivity contribution in [1.82, 2.24) is 0 Å². The van der Waals surface area contributed by atoms with Gasteiger partial charge in [0.1, 0.15) is 11.9 Å². The zero-order valence-corrected chi connectivity index (χ0v) is 30.3. The summed E-state index contributed by atoms with van der Waals surface area (Å²) >= 11 is 0. The molecule has 0 radical (unpaired) electrons. The molecule has 0 heterocycles. The summed E-state index contributed by atoms with van der Waals surface area (Å²) in [6.45, 7) is 17.9. The third-order valence-corrected chi connectivity index (χ3v) is 16.9. The first kappa shape index (κ1) is 33.6. The number of hydrogen-bond donors (Lipinski definition) is 1. The van der Waals surface area contributed by atoms with Crippen LogP contribution in [0.2, 0.25) is 0 Å². The highest BCUT2D eigenvalue weighted by Crippen LogP contribution is 2.75. The van der Waals surface area contributed by atoms with Crippen LogP contribution in [0, 0.1) is 62.1 Å². The largest absolute Gasteiger partial charge is 0.481 e. The van der Waals surface area contributed by atoms with Crippen molar-refractivity contribution in [3.63, 3.8) is 0 Å². The number of carboxylic acids is 1. The summed E-state index contributed by atoms with van der Waals surface area (Å²) in [5.74, 6) is 0.843. The molecule has 0 aromatic rings. The van der Waals surface area contributed by atoms with Crippen molar-refractivity contribution >= 4 is 17.7 Å². The Morgan fingerprint density at radius 3 is 2.38 bits per heavy atom. The van der Waals surface area contributed by atoms with E-state index in [2.05, 4.69) is 40.3 Å². The van der Waals surface area contributed by atoms with Gasteiger partial charge in [-0.2, -0.15) is 0 Å². The second-order valence-corrected chi connectivity index (χ2v) is 19.3. The summed E-state index contributed by atoms with van der Waals surface area (Å²) in [6, 6.07) is 0. The van der Waals surface area contributed by atoms with Crippen molar-refractivity contribution < 1.29 is 24.2 Å². The first-order chi connectivity index (χ1) is 22.0. The first-order valence-electron chi connectivity index (χ1n) is 19.4. The number of fused-ring (bicyclic) bond motifs is 5. The van der Waals surface area contributed by atoms with Gasteiger partial charge in [0, 0.05) is 12.3 Å². The molecule has 2 spiro atoms. The van der Waals surface area contributed by atoms with Crippen molar-refractivity contribution in [2.24, 2.45) is 62.1 Å². The molecule has 0 aromatic heterocycles. The molecule has 0 aromatic carbocycles. The van der Waals surface area contributed by atoms with Crippen LogP contribution in [0.5, 0.6) is 0 Å². The first-order valence-corrected chi connectivity index (χ1v) is 19.4. The van der Waals surface area contributed by atoms with Crippen molar-refractivity contribution in [2.75, 3.05) is 0 Å². The number of ether oxygens (including phenoxy) is 1. The van der Waals surface area contributed by atoms with Crippen molar-refractivity contribution in [1.29, 1.82) is 0 Å². The second-order valence-electron chi connectivity index (χ2n) is 19.3. The Kier molecular flexibility index (Phi) is 7.89. The standard InChI is InChI=1S/C42H62O5/c1-26-12-16-31-37(3,4)18-9-19-38(31,5)30(26)15-13-28-11-8-22-41(24-28)29-14-17-32-39(6)20-10-21-40(7,36(45)46)33(39)23-34(47-27(2)43)42(32,25-29)35(41)44/h11,29-34H,1,8-10,12-25H2,2-7H3,(H,45,46)/t29-,30-,31-,32+,33+,34+,38+,39+,40-,41+,42-/m1/s1. The van der Waals surface area contributed by atoms with E-state index in [1.165, 1.54) is 43.8 Å². The summed E-state index contributed by atoms with van der Waals surface area (Å²) in [4.78, 5) is 41.0. The molecule has 0 aliphatic heterocycles. The molecule has 260 valence electrons. The monoisotopic (exact) mass is 646 g/mol. The predicted octanol–water partition coefficient (Wildman–Crippen LogP) is 9.88. The van der Waals surface area contributed by atoms with Gasteiger partial charge in [0.2, 0.25) is 0 Å². The van der Waals surface area contributed by atoms with Crippen LogP contribution in [-0.4, -0.2) is 28.9 Å². The summed E-state index contributed by atoms with van der Waals surface area (Å²) in [6.07, 6.45) is 19.0. The number of rotatable bonds is 5. The van der Waals surface area contributed by atoms with E-state index in [0.29, 0.717) is 41.3 Å². The molecular weight excluding hydrogens is 584 g/mol. The van der Waals surface area contributed by atoms with E-state index in [0.717, 1.165) is 76.5 Å². The fraction of sp³-hybridized carbons (Fsp3) is 0.833. The number of ketones is 1. The number of carbonyl (C=O) groups is 3. The summed E-state index contributed by atoms with van der Waals surface area (Å²) in [5, 5.41) is 10.5. The molecule has 0 saturated heterocycles. The number of carboxylic acid groups (broad SMARTS) is 1. The molecule has 47 heavy (non-hydrogen) atoms. The third kappa shape index (κ3) is 4.62. The molecule has 7 rings (SSSR count). The molecule has 6 fully saturated rings. The number of hydrogen-bond acceptors (Lipinski definition) is 4. The quantitative estimate of drug-likeness (QED) is 0.238. The highest BCUT2D eigenvalue weighted by molar-refractivity contribution is 5.95. The van der Waals surface area contributed by atoms with Crippen molar-refractivity contribution in [3.05, 3.63) is 23.8 Å². The molecule has 5 nitrogen and oxygen atoms in total. The number of allylic oxidation sites excluding steroid dienone is 3. The van der Waals surface area contributed by atoms with Gasteiger partial charge in [-0.15, -0.1) is 0 Å². The van der Waals surface area contributed by atoms with Crippen molar-refractivity contribution in [2.45, 2.75) is 157 Å². The van der Waals surface area contributed by atoms with Gasteiger partial charge < -0.3 is 9.84 Å². The van der Waals surface area contributed by atoms with Crippen LogP contribution in [0.4, 0.5) is 0 Å². The molecule has 6 saturated carbocycles. The SMILES string of the molecule is C=C1CC[C@@H]2C(C)(C)CCC[C@@]2(C)[C@@H]1CCC1=CCC[C@@]2(C1)C(=O)[C@]13C[C@H]2CC[C@H]1[C@]1(C)CCC[C@@](C)(C(=O)O)[C@H]1C[C@@H]3OC(C)=O. The minimum Gasteiger partial charge on any atom is -0.481 e. The van der Waals surface area contributed by atoms with E-state index >= 15 is 4.79 Å². The Balaban J connectivity index is 1.17. The normalized spacial score (nSPS) is 48.6. The topological polar surface area (TPSA) is 80.7 Å². The van der Waals surface area contributed by atoms with Gasteiger partial charge in [0.05, 0.1) is 10.8 Å². The van der Waals surface area contributed by atoms with Crippen LogP contribution in [0.3, 0.4) is 0 Å². The Morgan fingerprint density at radius 1 is 0.936 bits per heavy atom. The van der Waals surface area contributed by atoms with E-state index in [1.54, 1.807) is 0 Å². The third-order valence-electron chi connectivity index (χ3n) is 16.9. The maximum absolute atomic E-state index is 15.5. The molecule has 7 aliphatic rings. The number of carbonyl (C=O) groups excluding carboxylic acids is 2. The average Bonchev–Trinajstić information content (AvgIpc) is 3.15. The van der Waals surface area contributed by atoms with Crippen LogP contribution in [0.15, 0.2) is 23.8 Å². The Bertz CT molecular complexity index is 1390. The van der Waals surface area contributed by atoms with Gasteiger partial charge in [-0.3, -0.25) is 14.4 Å². The van der Waals surface area contributed by atoms with E-state index in [4.69, 9.17) is 4.74 Å². The fourth-order valence-corrected chi connectivity index (χ4v) is 14.9. The molecule has 2 bridgehead atoms. The molecule has 5 heteroatoms.